The van der Waals surface area contributed by atoms with Crippen molar-refractivity contribution in [2.24, 2.45) is 0 Å². The monoisotopic (exact) mass is 525 g/mol. The summed E-state index contributed by atoms with van der Waals surface area (Å²) in [5, 5.41) is 16.4. The Balaban J connectivity index is 1.76. The van der Waals surface area contributed by atoms with Crippen molar-refractivity contribution in [2.45, 2.75) is 97.1 Å². The summed E-state index contributed by atoms with van der Waals surface area (Å²) in [6, 6.07) is 17.3. The molecule has 0 saturated carbocycles. The predicted molar refractivity (Wildman–Crippen MR) is 153 cm³/mol. The van der Waals surface area contributed by atoms with Crippen molar-refractivity contribution >= 4 is 37.5 Å². The van der Waals surface area contributed by atoms with Gasteiger partial charge < -0.3 is 5.11 Å². The van der Waals surface area contributed by atoms with Crippen molar-refractivity contribution in [3.05, 3.63) is 58.6 Å². The van der Waals surface area contributed by atoms with Crippen LogP contribution in [0.3, 0.4) is 0 Å². The minimum atomic E-state index is -0.488. The van der Waals surface area contributed by atoms with Gasteiger partial charge in [-0.25, -0.2) is 0 Å². The molecular weight excluding hydrogens is 482 g/mol. The number of fused-ring (bicyclic) bond motifs is 3. The van der Waals surface area contributed by atoms with Gasteiger partial charge in [0, 0.05) is 10.5 Å². The van der Waals surface area contributed by atoms with Gasteiger partial charge in [0.05, 0.1) is 6.10 Å². The maximum absolute atomic E-state index is 11.5. The van der Waals surface area contributed by atoms with Crippen LogP contribution < -0.4 is 0 Å². The molecule has 0 bridgehead atoms. The third-order valence-corrected chi connectivity index (χ3v) is 7.96. The van der Waals surface area contributed by atoms with Gasteiger partial charge in [0.15, 0.2) is 0 Å². The Morgan fingerprint density at radius 1 is 0.735 bits per heavy atom. The molecule has 3 aromatic rings. The Morgan fingerprint density at radius 3 is 1.94 bits per heavy atom. The number of benzene rings is 3. The fraction of sp³-hybridized carbons (Fsp3) is 0.548. The maximum Gasteiger partial charge on any atom is 0.0942 e. The first-order chi connectivity index (χ1) is 16.6. The summed E-state index contributed by atoms with van der Waals surface area (Å²) in [6.07, 6.45) is 12.4. The summed E-state index contributed by atoms with van der Waals surface area (Å²) >= 11 is 3.73. The largest absolute Gasteiger partial charge is 0.387 e. The molecule has 3 heteroatoms. The molecule has 0 fully saturated rings. The van der Waals surface area contributed by atoms with Crippen LogP contribution in [-0.2, 0) is 0 Å². The topological polar surface area (TPSA) is 23.5 Å². The zero-order valence-electron chi connectivity index (χ0n) is 21.5. The Hall–Kier alpha value is -1.42. The number of aliphatic hydroxyl groups is 1. The second-order valence-corrected chi connectivity index (χ2v) is 10.8. The molecule has 0 saturated heterocycles. The number of aliphatic hydroxyl groups excluding tert-OH is 1. The zero-order chi connectivity index (χ0) is 24.3. The summed E-state index contributed by atoms with van der Waals surface area (Å²) in [4.78, 5) is 2.55. The maximum atomic E-state index is 11.5. The molecule has 0 aromatic heterocycles. The highest BCUT2D eigenvalue weighted by molar-refractivity contribution is 9.10. The molecule has 186 valence electrons. The third-order valence-electron chi connectivity index (χ3n) is 7.31. The molecule has 3 rings (SSSR count). The molecule has 0 aliphatic rings. The molecule has 3 aromatic carbocycles. The van der Waals surface area contributed by atoms with Gasteiger partial charge >= 0.3 is 0 Å². The number of hydrogen-bond acceptors (Lipinski definition) is 2. The van der Waals surface area contributed by atoms with Gasteiger partial charge in [-0.15, -0.1) is 0 Å². The van der Waals surface area contributed by atoms with Crippen molar-refractivity contribution in [1.29, 1.82) is 0 Å². The lowest BCUT2D eigenvalue weighted by atomic mass is 9.95. The summed E-state index contributed by atoms with van der Waals surface area (Å²) < 4.78 is 1.12. The Morgan fingerprint density at radius 2 is 1.32 bits per heavy atom. The van der Waals surface area contributed by atoms with Crippen molar-refractivity contribution < 1.29 is 5.11 Å². The van der Waals surface area contributed by atoms with Crippen LogP contribution in [0.4, 0.5) is 0 Å². The second-order valence-electron chi connectivity index (χ2n) is 9.93. The van der Waals surface area contributed by atoms with Crippen molar-refractivity contribution in [2.75, 3.05) is 13.1 Å². The van der Waals surface area contributed by atoms with Gasteiger partial charge in [-0.3, -0.25) is 4.90 Å². The van der Waals surface area contributed by atoms with E-state index in [-0.39, 0.29) is 6.04 Å². The lowest BCUT2D eigenvalue weighted by Crippen LogP contribution is -2.39. The zero-order valence-corrected chi connectivity index (χ0v) is 23.1. The van der Waals surface area contributed by atoms with Crippen LogP contribution >= 0.6 is 15.9 Å². The minimum Gasteiger partial charge on any atom is -0.387 e. The van der Waals surface area contributed by atoms with Crippen molar-refractivity contribution in [1.82, 2.24) is 4.90 Å². The Bertz CT molecular complexity index is 1000. The van der Waals surface area contributed by atoms with E-state index in [0.29, 0.717) is 0 Å². The number of halogens is 1. The lowest BCUT2D eigenvalue weighted by Gasteiger charge is -2.33. The minimum absolute atomic E-state index is 0.108. The molecule has 0 unspecified atom stereocenters. The lowest BCUT2D eigenvalue weighted by molar-refractivity contribution is 0.0555. The molecular formula is C31H44BrNO. The fourth-order valence-corrected chi connectivity index (χ4v) is 5.68. The van der Waals surface area contributed by atoms with Gasteiger partial charge in [0.2, 0.25) is 0 Å². The van der Waals surface area contributed by atoms with E-state index in [9.17, 15) is 5.11 Å². The van der Waals surface area contributed by atoms with E-state index in [2.05, 4.69) is 90.1 Å². The van der Waals surface area contributed by atoms with Gasteiger partial charge in [-0.2, -0.15) is 0 Å². The fourth-order valence-electron chi connectivity index (χ4n) is 5.09. The molecule has 0 aliphatic heterocycles. The predicted octanol–water partition coefficient (Wildman–Crippen LogP) is 9.42. The highest BCUT2D eigenvalue weighted by Crippen LogP contribution is 2.34. The average molecular weight is 527 g/mol. The Kier molecular flexibility index (Phi) is 11.4. The van der Waals surface area contributed by atoms with E-state index in [0.717, 1.165) is 23.1 Å². The number of hydrogen-bond donors (Lipinski definition) is 1. The van der Waals surface area contributed by atoms with Crippen molar-refractivity contribution in [3.8, 4) is 0 Å². The SMILES string of the molecule is CCCCCCCN(CCCCCCC)[C@H](C)[C@@H](O)c1ccc2cc(Br)c3ccccc3c2c1. The first-order valence-corrected chi connectivity index (χ1v) is 14.4. The summed E-state index contributed by atoms with van der Waals surface area (Å²) in [6.45, 7) is 8.92. The second kappa shape index (κ2) is 14.2. The molecule has 0 radical (unpaired) electrons. The van der Waals surface area contributed by atoms with Crippen LogP contribution in [0.1, 0.15) is 96.6 Å². The van der Waals surface area contributed by atoms with Gasteiger partial charge in [0.25, 0.3) is 0 Å². The van der Waals surface area contributed by atoms with Crippen molar-refractivity contribution in [3.63, 3.8) is 0 Å². The first-order valence-electron chi connectivity index (χ1n) is 13.6. The van der Waals surface area contributed by atoms with Crippen LogP contribution in [0.25, 0.3) is 21.5 Å². The van der Waals surface area contributed by atoms with Crippen LogP contribution in [0.2, 0.25) is 0 Å². The van der Waals surface area contributed by atoms with Crippen LogP contribution in [0.5, 0.6) is 0 Å². The average Bonchev–Trinajstić information content (AvgIpc) is 2.86. The quantitative estimate of drug-likeness (QED) is 0.157. The van der Waals surface area contributed by atoms with E-state index in [1.54, 1.807) is 0 Å². The van der Waals surface area contributed by atoms with E-state index >= 15 is 0 Å². The summed E-state index contributed by atoms with van der Waals surface area (Å²) in [5.74, 6) is 0. The highest BCUT2D eigenvalue weighted by Gasteiger charge is 2.23. The third kappa shape index (κ3) is 7.29. The molecule has 0 amide bonds. The van der Waals surface area contributed by atoms with E-state index in [1.165, 1.54) is 85.8 Å². The standard InChI is InChI=1S/C31H44BrNO/c1-4-6-8-10-14-20-33(21-15-11-9-7-5-2)24(3)31(34)26-19-18-25-23-30(32)28-17-13-12-16-27(28)29(25)22-26/h12-13,16-19,22-24,31,34H,4-11,14-15,20-21H2,1-3H3/t24-,31-/m1/s1. The molecule has 2 atom stereocenters. The van der Waals surface area contributed by atoms with Crippen LogP contribution in [-0.4, -0.2) is 29.1 Å². The van der Waals surface area contributed by atoms with Crippen LogP contribution in [0.15, 0.2) is 53.0 Å². The Labute approximate surface area is 215 Å². The van der Waals surface area contributed by atoms with Crippen LogP contribution in [0, 0.1) is 0 Å². The number of rotatable bonds is 15. The molecule has 0 heterocycles. The molecule has 0 aliphatic carbocycles. The smallest absolute Gasteiger partial charge is 0.0942 e. The molecule has 1 N–H and O–H groups in total. The normalized spacial score (nSPS) is 13.7. The molecule has 0 spiro atoms. The van der Waals surface area contributed by atoms with Gasteiger partial charge in [0.1, 0.15) is 0 Å². The number of nitrogens with zero attached hydrogens (tertiary/aromatic N) is 1. The van der Waals surface area contributed by atoms with Gasteiger partial charge in [-0.1, -0.05) is 118 Å². The highest BCUT2D eigenvalue weighted by atomic mass is 79.9. The first kappa shape index (κ1) is 27.2. The van der Waals surface area contributed by atoms with E-state index < -0.39 is 6.10 Å². The van der Waals surface area contributed by atoms with E-state index in [4.69, 9.17) is 0 Å². The number of unbranched alkanes of at least 4 members (excludes halogenated alkanes) is 8. The summed E-state index contributed by atoms with van der Waals surface area (Å²) in [7, 11) is 0. The van der Waals surface area contributed by atoms with E-state index in [1.807, 2.05) is 0 Å². The van der Waals surface area contributed by atoms with Gasteiger partial charge in [-0.05, 0) is 72.1 Å². The molecule has 2 nitrogen and oxygen atoms in total. The molecule has 34 heavy (non-hydrogen) atoms. The summed E-state index contributed by atoms with van der Waals surface area (Å²) in [5.41, 5.74) is 1.02.